The highest BCUT2D eigenvalue weighted by atomic mass is 16.5. The van der Waals surface area contributed by atoms with E-state index in [1.165, 1.54) is 5.48 Å². The molecular formula is C6H13NO3. The van der Waals surface area contributed by atoms with E-state index < -0.39 is 5.91 Å². The van der Waals surface area contributed by atoms with Gasteiger partial charge >= 0.3 is 0 Å². The fraction of sp³-hybridized carbons (Fsp3) is 0.833. The van der Waals surface area contributed by atoms with E-state index in [4.69, 9.17) is 9.94 Å². The Hall–Kier alpha value is -0.610. The summed E-state index contributed by atoms with van der Waals surface area (Å²) in [6, 6.07) is 0. The SMILES string of the molecule is CCC(C)OCC(=O)NO. The quantitative estimate of drug-likeness (QED) is 0.444. The van der Waals surface area contributed by atoms with Gasteiger partial charge in [-0.1, -0.05) is 6.92 Å². The zero-order valence-corrected chi connectivity index (χ0v) is 6.26. The van der Waals surface area contributed by atoms with E-state index in [1.807, 2.05) is 13.8 Å². The van der Waals surface area contributed by atoms with Gasteiger partial charge in [0.15, 0.2) is 0 Å². The molecule has 10 heavy (non-hydrogen) atoms. The van der Waals surface area contributed by atoms with Gasteiger partial charge in [0.1, 0.15) is 6.61 Å². The maximum atomic E-state index is 10.3. The molecule has 0 bridgehead atoms. The van der Waals surface area contributed by atoms with E-state index >= 15 is 0 Å². The number of hydrogen-bond donors (Lipinski definition) is 2. The molecule has 0 radical (unpaired) electrons. The standard InChI is InChI=1S/C6H13NO3/c1-3-5(2)10-4-6(8)7-9/h5,9H,3-4H2,1-2H3,(H,7,8). The van der Waals surface area contributed by atoms with Gasteiger partial charge in [-0.05, 0) is 13.3 Å². The first-order valence-electron chi connectivity index (χ1n) is 3.25. The van der Waals surface area contributed by atoms with Crippen molar-refractivity contribution in [2.24, 2.45) is 0 Å². The number of hydrogen-bond acceptors (Lipinski definition) is 3. The van der Waals surface area contributed by atoms with Crippen LogP contribution in [-0.4, -0.2) is 23.8 Å². The molecule has 1 atom stereocenters. The summed E-state index contributed by atoms with van der Waals surface area (Å²) in [5, 5.41) is 8.04. The van der Waals surface area contributed by atoms with Crippen LogP contribution in [0.4, 0.5) is 0 Å². The van der Waals surface area contributed by atoms with E-state index in [2.05, 4.69) is 0 Å². The van der Waals surface area contributed by atoms with Crippen molar-refractivity contribution in [3.8, 4) is 0 Å². The molecule has 0 aromatic rings. The van der Waals surface area contributed by atoms with Crippen LogP contribution in [0, 0.1) is 0 Å². The minimum absolute atomic E-state index is 0.0669. The molecule has 0 aliphatic carbocycles. The van der Waals surface area contributed by atoms with Crippen LogP contribution in [0.5, 0.6) is 0 Å². The Labute approximate surface area is 60.1 Å². The van der Waals surface area contributed by atoms with Crippen LogP contribution in [0.15, 0.2) is 0 Å². The van der Waals surface area contributed by atoms with Gasteiger partial charge < -0.3 is 4.74 Å². The number of carbonyl (C=O) groups excluding carboxylic acids is 1. The van der Waals surface area contributed by atoms with Gasteiger partial charge in [0, 0.05) is 0 Å². The number of rotatable bonds is 4. The summed E-state index contributed by atoms with van der Waals surface area (Å²) in [7, 11) is 0. The fourth-order valence-corrected chi connectivity index (χ4v) is 0.368. The van der Waals surface area contributed by atoms with Gasteiger partial charge in [-0.25, -0.2) is 5.48 Å². The van der Waals surface area contributed by atoms with Crippen LogP contribution >= 0.6 is 0 Å². The molecule has 2 N–H and O–H groups in total. The lowest BCUT2D eigenvalue weighted by Gasteiger charge is -2.07. The number of ether oxygens (including phenoxy) is 1. The van der Waals surface area contributed by atoms with Crippen LogP contribution in [0.3, 0.4) is 0 Å². The maximum Gasteiger partial charge on any atom is 0.269 e. The molecule has 0 aliphatic heterocycles. The lowest BCUT2D eigenvalue weighted by molar-refractivity contribution is -0.135. The van der Waals surface area contributed by atoms with Crippen LogP contribution in [0.2, 0.25) is 0 Å². The second kappa shape index (κ2) is 5.20. The van der Waals surface area contributed by atoms with Gasteiger partial charge in [0.2, 0.25) is 0 Å². The summed E-state index contributed by atoms with van der Waals surface area (Å²) in [6.45, 7) is 3.75. The first kappa shape index (κ1) is 9.39. The van der Waals surface area contributed by atoms with E-state index in [0.29, 0.717) is 0 Å². The third kappa shape index (κ3) is 4.29. The largest absolute Gasteiger partial charge is 0.369 e. The monoisotopic (exact) mass is 147 g/mol. The Bertz CT molecular complexity index is 105. The zero-order chi connectivity index (χ0) is 7.98. The van der Waals surface area contributed by atoms with Crippen molar-refractivity contribution in [2.45, 2.75) is 26.4 Å². The summed E-state index contributed by atoms with van der Waals surface area (Å²) in [4.78, 5) is 10.3. The highest BCUT2D eigenvalue weighted by Crippen LogP contribution is 1.93. The Morgan fingerprint density at radius 1 is 1.80 bits per heavy atom. The van der Waals surface area contributed by atoms with Crippen molar-refractivity contribution in [3.05, 3.63) is 0 Å². The molecule has 0 spiro atoms. The predicted molar refractivity (Wildman–Crippen MR) is 35.6 cm³/mol. The highest BCUT2D eigenvalue weighted by molar-refractivity contribution is 5.75. The molecule has 0 saturated heterocycles. The second-order valence-electron chi connectivity index (χ2n) is 2.06. The van der Waals surface area contributed by atoms with Crippen LogP contribution in [-0.2, 0) is 9.53 Å². The maximum absolute atomic E-state index is 10.3. The normalized spacial score (nSPS) is 12.7. The third-order valence-electron chi connectivity index (χ3n) is 1.20. The third-order valence-corrected chi connectivity index (χ3v) is 1.20. The van der Waals surface area contributed by atoms with Gasteiger partial charge in [-0.3, -0.25) is 10.0 Å². The van der Waals surface area contributed by atoms with Crippen molar-refractivity contribution >= 4 is 5.91 Å². The average molecular weight is 147 g/mol. The molecule has 60 valence electrons. The number of hydroxylamine groups is 1. The van der Waals surface area contributed by atoms with Gasteiger partial charge in [-0.2, -0.15) is 0 Å². The lowest BCUT2D eigenvalue weighted by Crippen LogP contribution is -2.26. The molecule has 0 aromatic heterocycles. The molecule has 0 aromatic carbocycles. The Kier molecular flexibility index (Phi) is 4.88. The molecule has 4 heteroatoms. The summed E-state index contributed by atoms with van der Waals surface area (Å²) in [5.74, 6) is -0.514. The van der Waals surface area contributed by atoms with Gasteiger partial charge in [0.05, 0.1) is 6.10 Å². The first-order chi connectivity index (χ1) is 4.70. The lowest BCUT2D eigenvalue weighted by atomic mass is 10.3. The van der Waals surface area contributed by atoms with Crippen LogP contribution in [0.25, 0.3) is 0 Å². The van der Waals surface area contributed by atoms with E-state index in [0.717, 1.165) is 6.42 Å². The fourth-order valence-electron chi connectivity index (χ4n) is 0.368. The van der Waals surface area contributed by atoms with Crippen molar-refractivity contribution in [2.75, 3.05) is 6.61 Å². The first-order valence-corrected chi connectivity index (χ1v) is 3.25. The molecule has 0 rings (SSSR count). The summed E-state index contributed by atoms with van der Waals surface area (Å²) >= 11 is 0. The Balaban J connectivity index is 3.26. The predicted octanol–water partition coefficient (Wildman–Crippen LogP) is 0.307. The number of carbonyl (C=O) groups is 1. The molecular weight excluding hydrogens is 134 g/mol. The Morgan fingerprint density at radius 2 is 2.40 bits per heavy atom. The van der Waals surface area contributed by atoms with Crippen LogP contribution in [0.1, 0.15) is 20.3 Å². The molecule has 1 unspecified atom stereocenters. The zero-order valence-electron chi connectivity index (χ0n) is 6.26. The second-order valence-corrected chi connectivity index (χ2v) is 2.06. The van der Waals surface area contributed by atoms with Gasteiger partial charge in [0.25, 0.3) is 5.91 Å². The molecule has 0 aliphatic rings. The summed E-state index contributed by atoms with van der Waals surface area (Å²) in [6.07, 6.45) is 0.927. The van der Waals surface area contributed by atoms with E-state index in [9.17, 15) is 4.79 Å². The highest BCUT2D eigenvalue weighted by Gasteiger charge is 2.02. The topological polar surface area (TPSA) is 58.6 Å². The molecule has 0 fully saturated rings. The Morgan fingerprint density at radius 3 is 2.80 bits per heavy atom. The minimum Gasteiger partial charge on any atom is -0.369 e. The van der Waals surface area contributed by atoms with Crippen molar-refractivity contribution in [1.82, 2.24) is 5.48 Å². The van der Waals surface area contributed by atoms with Crippen molar-refractivity contribution in [3.63, 3.8) is 0 Å². The van der Waals surface area contributed by atoms with E-state index in [-0.39, 0.29) is 12.7 Å². The van der Waals surface area contributed by atoms with Crippen molar-refractivity contribution in [1.29, 1.82) is 0 Å². The van der Waals surface area contributed by atoms with E-state index in [1.54, 1.807) is 0 Å². The molecule has 0 heterocycles. The summed E-state index contributed by atoms with van der Waals surface area (Å²) < 4.78 is 4.97. The smallest absolute Gasteiger partial charge is 0.269 e. The van der Waals surface area contributed by atoms with Crippen molar-refractivity contribution < 1.29 is 14.7 Å². The number of nitrogens with one attached hydrogen (secondary N) is 1. The average Bonchev–Trinajstić information content (AvgIpc) is 1.99. The number of amides is 1. The molecule has 0 saturated carbocycles. The molecule has 1 amide bonds. The molecule has 4 nitrogen and oxygen atoms in total. The minimum atomic E-state index is -0.514. The summed E-state index contributed by atoms with van der Waals surface area (Å²) in [5.41, 5.74) is 1.48. The van der Waals surface area contributed by atoms with Crippen LogP contribution < -0.4 is 5.48 Å². The van der Waals surface area contributed by atoms with Gasteiger partial charge in [-0.15, -0.1) is 0 Å².